The number of rotatable bonds is 6. The summed E-state index contributed by atoms with van der Waals surface area (Å²) in [5.41, 5.74) is 0. The number of carbonyl (C=O) groups is 1. The molecule has 1 heterocycles. The van der Waals surface area contributed by atoms with Crippen LogP contribution in [0.25, 0.3) is 0 Å². The van der Waals surface area contributed by atoms with Crippen LogP contribution < -0.4 is 0 Å². The highest BCUT2D eigenvalue weighted by Gasteiger charge is 2.27. The molecule has 1 atom stereocenters. The van der Waals surface area contributed by atoms with Crippen molar-refractivity contribution >= 4 is 5.91 Å². The predicted octanol–water partition coefficient (Wildman–Crippen LogP) is 1.99. The molecule has 0 bridgehead atoms. The Kier molecular flexibility index (Phi) is 5.98. The topological polar surface area (TPSA) is 40.5 Å². The van der Waals surface area contributed by atoms with Crippen LogP contribution >= 0.6 is 0 Å². The summed E-state index contributed by atoms with van der Waals surface area (Å²) < 4.78 is 0. The molecule has 1 amide bonds. The van der Waals surface area contributed by atoms with E-state index in [-0.39, 0.29) is 24.3 Å². The second kappa shape index (κ2) is 7.28. The summed E-state index contributed by atoms with van der Waals surface area (Å²) in [6.07, 6.45) is 7.00. The molecule has 1 saturated heterocycles. The van der Waals surface area contributed by atoms with Gasteiger partial charge in [-0.15, -0.1) is 13.2 Å². The molecule has 0 spiro atoms. The molecule has 1 aliphatic heterocycles. The Morgan fingerprint density at radius 2 is 2.06 bits per heavy atom. The Bertz CT molecular complexity index is 265. The lowest BCUT2D eigenvalue weighted by atomic mass is 9.95. The maximum Gasteiger partial charge on any atom is 0.226 e. The normalized spacial score (nSPS) is 20.4. The van der Waals surface area contributed by atoms with E-state index in [9.17, 15) is 4.79 Å². The Morgan fingerprint density at radius 3 is 2.59 bits per heavy atom. The van der Waals surface area contributed by atoms with Crippen molar-refractivity contribution in [2.75, 3.05) is 19.7 Å². The van der Waals surface area contributed by atoms with Crippen LogP contribution in [0, 0.1) is 11.8 Å². The monoisotopic (exact) mass is 237 g/mol. The fourth-order valence-electron chi connectivity index (χ4n) is 2.37. The zero-order valence-corrected chi connectivity index (χ0v) is 10.5. The number of aliphatic hydroxyl groups is 1. The molecule has 3 nitrogen and oxygen atoms in total. The number of hydrogen-bond donors (Lipinski definition) is 1. The molecule has 0 saturated carbocycles. The molecule has 0 radical (unpaired) electrons. The van der Waals surface area contributed by atoms with E-state index in [1.807, 2.05) is 4.90 Å². The van der Waals surface area contributed by atoms with Gasteiger partial charge < -0.3 is 10.0 Å². The molecule has 0 aromatic heterocycles. The summed E-state index contributed by atoms with van der Waals surface area (Å²) in [5.74, 6) is 0.409. The van der Waals surface area contributed by atoms with E-state index < -0.39 is 0 Å². The Hall–Kier alpha value is -1.09. The van der Waals surface area contributed by atoms with Crippen molar-refractivity contribution in [1.29, 1.82) is 0 Å². The van der Waals surface area contributed by atoms with Crippen LogP contribution in [0.4, 0.5) is 0 Å². The van der Waals surface area contributed by atoms with Crippen molar-refractivity contribution in [1.82, 2.24) is 4.90 Å². The highest BCUT2D eigenvalue weighted by Crippen LogP contribution is 2.20. The molecule has 1 N–H and O–H groups in total. The first-order valence-corrected chi connectivity index (χ1v) is 6.34. The molecule has 17 heavy (non-hydrogen) atoms. The molecular formula is C14H23NO2. The summed E-state index contributed by atoms with van der Waals surface area (Å²) in [6, 6.07) is 0. The van der Waals surface area contributed by atoms with Gasteiger partial charge in [-0.25, -0.2) is 0 Å². The number of piperidine rings is 1. The van der Waals surface area contributed by atoms with Crippen molar-refractivity contribution in [2.24, 2.45) is 11.8 Å². The maximum atomic E-state index is 12.3. The number of aliphatic hydroxyl groups excluding tert-OH is 1. The minimum absolute atomic E-state index is 0.0255. The van der Waals surface area contributed by atoms with Gasteiger partial charge >= 0.3 is 0 Å². The molecule has 1 fully saturated rings. The lowest BCUT2D eigenvalue weighted by molar-refractivity contribution is -0.137. The molecular weight excluding hydrogens is 214 g/mol. The molecule has 0 aliphatic carbocycles. The van der Waals surface area contributed by atoms with Gasteiger partial charge in [0, 0.05) is 25.6 Å². The van der Waals surface area contributed by atoms with Gasteiger partial charge in [0.25, 0.3) is 0 Å². The standard InChI is InChI=1S/C14H23NO2/c1-3-6-13(7-4-2)14(17)15-9-5-8-12(10-15)11-16/h3-4,12-13,16H,1-2,5-11H2. The lowest BCUT2D eigenvalue weighted by Crippen LogP contribution is -2.43. The number of carbonyl (C=O) groups excluding carboxylic acids is 1. The van der Waals surface area contributed by atoms with E-state index in [1.54, 1.807) is 12.2 Å². The number of nitrogens with zero attached hydrogens (tertiary/aromatic N) is 1. The summed E-state index contributed by atoms with van der Waals surface area (Å²) >= 11 is 0. The average Bonchev–Trinajstić information content (AvgIpc) is 2.38. The average molecular weight is 237 g/mol. The first-order chi connectivity index (χ1) is 8.22. The molecule has 96 valence electrons. The Labute approximate surface area is 104 Å². The van der Waals surface area contributed by atoms with E-state index in [0.717, 1.165) is 19.4 Å². The van der Waals surface area contributed by atoms with Gasteiger partial charge in [-0.1, -0.05) is 12.2 Å². The first kappa shape index (κ1) is 14.0. The largest absolute Gasteiger partial charge is 0.396 e. The Balaban J connectivity index is 2.58. The van der Waals surface area contributed by atoms with Crippen LogP contribution in [0.15, 0.2) is 25.3 Å². The van der Waals surface area contributed by atoms with Crippen molar-refractivity contribution in [3.05, 3.63) is 25.3 Å². The van der Waals surface area contributed by atoms with E-state index in [0.29, 0.717) is 19.4 Å². The predicted molar refractivity (Wildman–Crippen MR) is 69.5 cm³/mol. The minimum Gasteiger partial charge on any atom is -0.396 e. The van der Waals surface area contributed by atoms with Crippen LogP contribution in [0.1, 0.15) is 25.7 Å². The third-order valence-corrected chi connectivity index (χ3v) is 3.34. The zero-order valence-electron chi connectivity index (χ0n) is 10.5. The number of amides is 1. The molecule has 1 unspecified atom stereocenters. The second-order valence-corrected chi connectivity index (χ2v) is 4.72. The second-order valence-electron chi connectivity index (χ2n) is 4.72. The fraction of sp³-hybridized carbons (Fsp3) is 0.643. The maximum absolute atomic E-state index is 12.3. The summed E-state index contributed by atoms with van der Waals surface area (Å²) in [6.45, 7) is 9.08. The van der Waals surface area contributed by atoms with Crippen LogP contribution in [0.2, 0.25) is 0 Å². The third-order valence-electron chi connectivity index (χ3n) is 3.34. The number of allylic oxidation sites excluding steroid dienone is 2. The highest BCUT2D eigenvalue weighted by atomic mass is 16.3. The minimum atomic E-state index is -0.0255. The van der Waals surface area contributed by atoms with Gasteiger partial charge in [0.15, 0.2) is 0 Å². The van der Waals surface area contributed by atoms with Crippen LogP contribution in [-0.4, -0.2) is 35.6 Å². The molecule has 3 heteroatoms. The quantitative estimate of drug-likeness (QED) is 0.718. The van der Waals surface area contributed by atoms with Crippen LogP contribution in [0.5, 0.6) is 0 Å². The van der Waals surface area contributed by atoms with E-state index in [1.165, 1.54) is 0 Å². The van der Waals surface area contributed by atoms with Gasteiger partial charge in [-0.3, -0.25) is 4.79 Å². The third kappa shape index (κ3) is 4.00. The van der Waals surface area contributed by atoms with Gasteiger partial charge in [0.05, 0.1) is 0 Å². The number of likely N-dealkylation sites (tertiary alicyclic amines) is 1. The summed E-state index contributed by atoms with van der Waals surface area (Å²) in [4.78, 5) is 14.2. The van der Waals surface area contributed by atoms with Gasteiger partial charge in [0.1, 0.15) is 0 Å². The SMILES string of the molecule is C=CCC(CC=C)C(=O)N1CCCC(CO)C1. The molecule has 0 aromatic rings. The fourth-order valence-corrected chi connectivity index (χ4v) is 2.37. The molecule has 1 aliphatic rings. The Morgan fingerprint density at radius 1 is 1.41 bits per heavy atom. The van der Waals surface area contributed by atoms with Crippen molar-refractivity contribution in [3.63, 3.8) is 0 Å². The lowest BCUT2D eigenvalue weighted by Gasteiger charge is -2.34. The highest BCUT2D eigenvalue weighted by molar-refractivity contribution is 5.79. The molecule has 0 aromatic carbocycles. The summed E-state index contributed by atoms with van der Waals surface area (Å²) in [7, 11) is 0. The van der Waals surface area contributed by atoms with Gasteiger partial charge in [-0.2, -0.15) is 0 Å². The zero-order chi connectivity index (χ0) is 12.7. The first-order valence-electron chi connectivity index (χ1n) is 6.34. The van der Waals surface area contributed by atoms with Crippen LogP contribution in [0.3, 0.4) is 0 Å². The van der Waals surface area contributed by atoms with E-state index >= 15 is 0 Å². The summed E-state index contributed by atoms with van der Waals surface area (Å²) in [5, 5.41) is 9.17. The van der Waals surface area contributed by atoms with Crippen molar-refractivity contribution < 1.29 is 9.90 Å². The van der Waals surface area contributed by atoms with Gasteiger partial charge in [-0.05, 0) is 31.6 Å². The van der Waals surface area contributed by atoms with E-state index in [4.69, 9.17) is 5.11 Å². The van der Waals surface area contributed by atoms with E-state index in [2.05, 4.69) is 13.2 Å². The number of hydrogen-bond acceptors (Lipinski definition) is 2. The van der Waals surface area contributed by atoms with Gasteiger partial charge in [0.2, 0.25) is 5.91 Å². The molecule has 1 rings (SSSR count). The van der Waals surface area contributed by atoms with Crippen molar-refractivity contribution in [2.45, 2.75) is 25.7 Å². The van der Waals surface area contributed by atoms with Crippen molar-refractivity contribution in [3.8, 4) is 0 Å². The van der Waals surface area contributed by atoms with Crippen LogP contribution in [-0.2, 0) is 4.79 Å². The smallest absolute Gasteiger partial charge is 0.226 e.